The minimum Gasteiger partial charge on any atom is -0.313 e. The van der Waals surface area contributed by atoms with E-state index in [1.54, 1.807) is 11.3 Å². The molecule has 0 bridgehead atoms. The molecule has 2 aromatic rings. The summed E-state index contributed by atoms with van der Waals surface area (Å²) in [7, 11) is 1.98. The second-order valence-electron chi connectivity index (χ2n) is 4.70. The van der Waals surface area contributed by atoms with Gasteiger partial charge in [-0.3, -0.25) is 4.68 Å². The van der Waals surface area contributed by atoms with Gasteiger partial charge in [0.2, 0.25) is 0 Å². The molecule has 0 saturated carbocycles. The lowest BCUT2D eigenvalue weighted by molar-refractivity contribution is 0.540. The van der Waals surface area contributed by atoms with E-state index >= 15 is 0 Å². The standard InChI is InChI=1S/C14H18Br2ClN3S/c1-4-9-13(17)11(20(5-2)19-9)7-10(18-3)8-6-12(15)21-14(8)16/h6,10,18H,4-5,7H2,1-3H3. The second-order valence-corrected chi connectivity index (χ2v) is 8.83. The largest absolute Gasteiger partial charge is 0.313 e. The molecule has 3 nitrogen and oxygen atoms in total. The van der Waals surface area contributed by atoms with Crippen LogP contribution in [0.3, 0.4) is 0 Å². The minimum absolute atomic E-state index is 0.200. The van der Waals surface area contributed by atoms with Crippen LogP contribution < -0.4 is 5.32 Å². The Balaban J connectivity index is 2.35. The fourth-order valence-corrected chi connectivity index (χ4v) is 5.68. The van der Waals surface area contributed by atoms with E-state index in [0.717, 1.165) is 43.4 Å². The Kier molecular flexibility index (Phi) is 6.32. The van der Waals surface area contributed by atoms with Crippen LogP contribution in [-0.2, 0) is 19.4 Å². The van der Waals surface area contributed by atoms with Crippen molar-refractivity contribution in [3.05, 3.63) is 35.6 Å². The van der Waals surface area contributed by atoms with E-state index < -0.39 is 0 Å². The Morgan fingerprint density at radius 3 is 2.62 bits per heavy atom. The van der Waals surface area contributed by atoms with Crippen molar-refractivity contribution in [3.63, 3.8) is 0 Å². The van der Waals surface area contributed by atoms with Crippen LogP contribution in [-0.4, -0.2) is 16.8 Å². The van der Waals surface area contributed by atoms with Crippen molar-refractivity contribution < 1.29 is 0 Å². The fraction of sp³-hybridized carbons (Fsp3) is 0.500. The zero-order valence-electron chi connectivity index (χ0n) is 12.2. The maximum Gasteiger partial charge on any atom is 0.0850 e. The Labute approximate surface area is 151 Å². The first kappa shape index (κ1) is 17.5. The Hall–Kier alpha value is 0.120. The average Bonchev–Trinajstić information content (AvgIpc) is 2.95. The summed E-state index contributed by atoms with van der Waals surface area (Å²) >= 11 is 15.4. The van der Waals surface area contributed by atoms with E-state index in [-0.39, 0.29) is 6.04 Å². The summed E-state index contributed by atoms with van der Waals surface area (Å²) in [6.45, 7) is 5.01. The molecule has 116 valence electrons. The highest BCUT2D eigenvalue weighted by atomic mass is 79.9. The second kappa shape index (κ2) is 7.59. The lowest BCUT2D eigenvalue weighted by Gasteiger charge is -2.17. The number of likely N-dealkylation sites (N-methyl/N-ethyl adjacent to an activating group) is 1. The first-order chi connectivity index (χ1) is 10.0. The molecule has 0 fully saturated rings. The lowest BCUT2D eigenvalue weighted by Crippen LogP contribution is -2.20. The lowest BCUT2D eigenvalue weighted by atomic mass is 10.0. The van der Waals surface area contributed by atoms with Crippen LogP contribution in [0.4, 0.5) is 0 Å². The van der Waals surface area contributed by atoms with Gasteiger partial charge >= 0.3 is 0 Å². The number of hydrogen-bond acceptors (Lipinski definition) is 3. The van der Waals surface area contributed by atoms with Crippen molar-refractivity contribution in [2.75, 3.05) is 7.05 Å². The van der Waals surface area contributed by atoms with Gasteiger partial charge in [0.05, 0.1) is 24.0 Å². The molecule has 1 N–H and O–H groups in total. The molecule has 21 heavy (non-hydrogen) atoms. The average molecular weight is 456 g/mol. The number of nitrogens with one attached hydrogen (secondary N) is 1. The highest BCUT2D eigenvalue weighted by molar-refractivity contribution is 9.12. The molecule has 0 aliphatic rings. The van der Waals surface area contributed by atoms with Gasteiger partial charge in [-0.2, -0.15) is 5.10 Å². The van der Waals surface area contributed by atoms with Gasteiger partial charge < -0.3 is 5.32 Å². The molecule has 1 atom stereocenters. The minimum atomic E-state index is 0.200. The van der Waals surface area contributed by atoms with Gasteiger partial charge in [-0.25, -0.2) is 0 Å². The van der Waals surface area contributed by atoms with Crippen LogP contribution in [0.15, 0.2) is 13.6 Å². The number of aromatic nitrogens is 2. The SMILES string of the molecule is CCc1nn(CC)c(CC(NC)c2cc(Br)sc2Br)c1Cl. The Bertz CT molecular complexity index is 624. The number of rotatable bonds is 6. The van der Waals surface area contributed by atoms with Crippen molar-refractivity contribution in [2.24, 2.45) is 0 Å². The summed E-state index contributed by atoms with van der Waals surface area (Å²) in [6, 6.07) is 2.35. The summed E-state index contributed by atoms with van der Waals surface area (Å²) in [6.07, 6.45) is 1.68. The van der Waals surface area contributed by atoms with Crippen LogP contribution in [0.25, 0.3) is 0 Å². The summed E-state index contributed by atoms with van der Waals surface area (Å²) < 4.78 is 4.28. The monoisotopic (exact) mass is 453 g/mol. The molecule has 1 unspecified atom stereocenters. The summed E-state index contributed by atoms with van der Waals surface area (Å²) in [5, 5.41) is 8.79. The smallest absolute Gasteiger partial charge is 0.0850 e. The quantitative estimate of drug-likeness (QED) is 0.648. The summed E-state index contributed by atoms with van der Waals surface area (Å²) in [5.74, 6) is 0. The van der Waals surface area contributed by atoms with Crippen LogP contribution >= 0.6 is 54.8 Å². The van der Waals surface area contributed by atoms with Crippen molar-refractivity contribution in [1.82, 2.24) is 15.1 Å². The summed E-state index contributed by atoms with van der Waals surface area (Å²) in [5.41, 5.74) is 3.32. The van der Waals surface area contributed by atoms with Gasteiger partial charge in [0.25, 0.3) is 0 Å². The number of nitrogens with zero attached hydrogens (tertiary/aromatic N) is 2. The van der Waals surface area contributed by atoms with Crippen LogP contribution in [0.1, 0.15) is 36.8 Å². The molecule has 0 radical (unpaired) electrons. The van der Waals surface area contributed by atoms with E-state index in [1.807, 2.05) is 11.7 Å². The highest BCUT2D eigenvalue weighted by Crippen LogP contribution is 2.37. The molecule has 0 amide bonds. The number of halogens is 3. The van der Waals surface area contributed by atoms with E-state index in [1.165, 1.54) is 5.56 Å². The normalized spacial score (nSPS) is 12.9. The molecule has 2 aromatic heterocycles. The topological polar surface area (TPSA) is 29.9 Å². The predicted octanol–water partition coefficient (Wildman–Crippen LogP) is 5.21. The molecule has 0 spiro atoms. The molecule has 0 saturated heterocycles. The zero-order valence-corrected chi connectivity index (χ0v) is 17.0. The van der Waals surface area contributed by atoms with E-state index in [4.69, 9.17) is 11.6 Å². The Morgan fingerprint density at radius 2 is 2.14 bits per heavy atom. The molecular formula is C14H18Br2ClN3S. The van der Waals surface area contributed by atoms with Gasteiger partial charge in [-0.05, 0) is 63.9 Å². The third-order valence-corrected chi connectivity index (χ3v) is 6.32. The van der Waals surface area contributed by atoms with Gasteiger partial charge in [0, 0.05) is 19.0 Å². The van der Waals surface area contributed by atoms with Gasteiger partial charge in [-0.1, -0.05) is 18.5 Å². The number of thiophene rings is 1. The molecule has 7 heteroatoms. The number of aryl methyl sites for hydroxylation is 2. The van der Waals surface area contributed by atoms with E-state index in [2.05, 4.69) is 62.2 Å². The van der Waals surface area contributed by atoms with Crippen molar-refractivity contribution in [3.8, 4) is 0 Å². The number of hydrogen-bond donors (Lipinski definition) is 1. The fourth-order valence-electron chi connectivity index (χ4n) is 2.36. The molecule has 0 aliphatic carbocycles. The summed E-state index contributed by atoms with van der Waals surface area (Å²) in [4.78, 5) is 0. The molecule has 2 heterocycles. The molecule has 0 aliphatic heterocycles. The Morgan fingerprint density at radius 1 is 1.43 bits per heavy atom. The predicted molar refractivity (Wildman–Crippen MR) is 97.5 cm³/mol. The maximum absolute atomic E-state index is 6.51. The zero-order chi connectivity index (χ0) is 15.6. The van der Waals surface area contributed by atoms with Crippen molar-refractivity contribution in [1.29, 1.82) is 0 Å². The maximum atomic E-state index is 6.51. The van der Waals surface area contributed by atoms with Crippen molar-refractivity contribution in [2.45, 2.75) is 39.3 Å². The van der Waals surface area contributed by atoms with Gasteiger partial charge in [0.1, 0.15) is 0 Å². The van der Waals surface area contributed by atoms with Crippen LogP contribution in [0.2, 0.25) is 5.02 Å². The molecule has 0 aromatic carbocycles. The highest BCUT2D eigenvalue weighted by Gasteiger charge is 2.21. The van der Waals surface area contributed by atoms with Crippen LogP contribution in [0.5, 0.6) is 0 Å². The first-order valence-electron chi connectivity index (χ1n) is 6.87. The first-order valence-corrected chi connectivity index (χ1v) is 9.65. The van der Waals surface area contributed by atoms with E-state index in [9.17, 15) is 0 Å². The molecular weight excluding hydrogens is 438 g/mol. The van der Waals surface area contributed by atoms with Gasteiger partial charge in [-0.15, -0.1) is 11.3 Å². The van der Waals surface area contributed by atoms with Crippen molar-refractivity contribution >= 4 is 54.8 Å². The third-order valence-electron chi connectivity index (χ3n) is 3.50. The van der Waals surface area contributed by atoms with E-state index in [0.29, 0.717) is 0 Å². The van der Waals surface area contributed by atoms with Crippen LogP contribution in [0, 0.1) is 0 Å². The third kappa shape index (κ3) is 3.72. The van der Waals surface area contributed by atoms with Gasteiger partial charge in [0.15, 0.2) is 0 Å². The molecule has 2 rings (SSSR count).